The molecular formula is C35H68N4O7. The van der Waals surface area contributed by atoms with Crippen LogP contribution in [0, 0.1) is 0 Å². The molecule has 0 radical (unpaired) electrons. The molecule has 7 N–H and O–H groups in total. The van der Waals surface area contributed by atoms with E-state index in [2.05, 4.69) is 24.5 Å². The van der Waals surface area contributed by atoms with Gasteiger partial charge in [-0.3, -0.25) is 19.3 Å². The summed E-state index contributed by atoms with van der Waals surface area (Å²) in [5, 5.41) is 36.7. The number of unbranched alkanes of at least 4 members (excludes halogenated alkanes) is 17. The van der Waals surface area contributed by atoms with Gasteiger partial charge in [0.15, 0.2) is 0 Å². The summed E-state index contributed by atoms with van der Waals surface area (Å²) in [5.74, 6) is -3.18. The number of nitrogens with zero attached hydrogens (tertiary/aromatic N) is 1. The number of rotatable bonds is 27. The summed E-state index contributed by atoms with van der Waals surface area (Å²) in [6, 6.07) is -1.00. The highest BCUT2D eigenvalue weighted by atomic mass is 16.6. The van der Waals surface area contributed by atoms with Crippen LogP contribution in [0.1, 0.15) is 156 Å². The summed E-state index contributed by atoms with van der Waals surface area (Å²) in [6.07, 6.45) is 17.1. The van der Waals surface area contributed by atoms with Crippen LogP contribution in [0.25, 0.3) is 0 Å². The van der Waals surface area contributed by atoms with Gasteiger partial charge in [0.25, 0.3) is 0 Å². The van der Waals surface area contributed by atoms with Crippen molar-refractivity contribution in [2.45, 2.75) is 186 Å². The minimum Gasteiger partial charge on any atom is -0.394 e. The van der Waals surface area contributed by atoms with E-state index in [0.717, 1.165) is 38.5 Å². The van der Waals surface area contributed by atoms with Crippen LogP contribution in [0.4, 0.5) is 0 Å². The zero-order chi connectivity index (χ0) is 34.2. The average molecular weight is 657 g/mol. The Bertz CT molecular complexity index is 833. The highest BCUT2D eigenvalue weighted by molar-refractivity contribution is 5.88. The average Bonchev–Trinajstić information content (AvgIpc) is 3.04. The summed E-state index contributed by atoms with van der Waals surface area (Å²) in [7, 11) is 0. The molecule has 1 aliphatic rings. The van der Waals surface area contributed by atoms with Crippen molar-refractivity contribution in [3.63, 3.8) is 0 Å². The van der Waals surface area contributed by atoms with Gasteiger partial charge in [0.05, 0.1) is 19.3 Å². The first-order chi connectivity index (χ1) is 22.1. The van der Waals surface area contributed by atoms with E-state index in [4.69, 9.17) is 10.5 Å². The molecular weight excluding hydrogens is 588 g/mol. The smallest absolute Gasteiger partial charge is 0.245 e. The maximum Gasteiger partial charge on any atom is 0.245 e. The molecule has 1 fully saturated rings. The molecule has 0 aromatic rings. The Hall–Kier alpha value is -1.79. The van der Waals surface area contributed by atoms with Gasteiger partial charge in [0.1, 0.15) is 18.2 Å². The van der Waals surface area contributed by atoms with Crippen molar-refractivity contribution in [1.29, 1.82) is 0 Å². The highest BCUT2D eigenvalue weighted by Gasteiger charge is 2.52. The number of carbonyl (C=O) groups excluding carboxylic acids is 3. The van der Waals surface area contributed by atoms with Crippen molar-refractivity contribution >= 4 is 17.7 Å². The minimum atomic E-state index is -1.81. The van der Waals surface area contributed by atoms with E-state index in [0.29, 0.717) is 12.8 Å². The molecule has 0 saturated carbocycles. The molecule has 1 saturated heterocycles. The van der Waals surface area contributed by atoms with Crippen LogP contribution >= 0.6 is 0 Å². The third kappa shape index (κ3) is 16.4. The first-order valence-corrected chi connectivity index (χ1v) is 18.4. The summed E-state index contributed by atoms with van der Waals surface area (Å²) >= 11 is 0. The van der Waals surface area contributed by atoms with Crippen LogP contribution < -0.4 is 16.4 Å². The van der Waals surface area contributed by atoms with Gasteiger partial charge in [-0.25, -0.2) is 0 Å². The Balaban J connectivity index is 3.02. The lowest BCUT2D eigenvalue weighted by molar-refractivity contribution is -0.280. The van der Waals surface area contributed by atoms with E-state index in [1.165, 1.54) is 82.5 Å². The second kappa shape index (κ2) is 25.3. The lowest BCUT2D eigenvalue weighted by Crippen LogP contribution is -2.72. The van der Waals surface area contributed by atoms with E-state index in [1.807, 2.05) is 0 Å². The van der Waals surface area contributed by atoms with Gasteiger partial charge >= 0.3 is 0 Å². The van der Waals surface area contributed by atoms with Crippen LogP contribution in [0.15, 0.2) is 0 Å². The molecule has 0 spiro atoms. The van der Waals surface area contributed by atoms with E-state index in [9.17, 15) is 29.7 Å². The molecule has 11 nitrogen and oxygen atoms in total. The number of nitrogens with two attached hydrogens (primary N) is 1. The summed E-state index contributed by atoms with van der Waals surface area (Å²) < 4.78 is 6.15. The van der Waals surface area contributed by atoms with Crippen LogP contribution in [-0.4, -0.2) is 87.8 Å². The molecule has 270 valence electrons. The molecule has 0 aliphatic carbocycles. The van der Waals surface area contributed by atoms with E-state index in [-0.39, 0.29) is 31.8 Å². The maximum atomic E-state index is 13.9. The molecule has 3 amide bonds. The van der Waals surface area contributed by atoms with Crippen molar-refractivity contribution in [2.24, 2.45) is 5.73 Å². The highest BCUT2D eigenvalue weighted by Crippen LogP contribution is 2.32. The molecule has 1 heterocycles. The molecule has 1 aliphatic heterocycles. The number of hydrogen-bond donors (Lipinski definition) is 6. The summed E-state index contributed by atoms with van der Waals surface area (Å²) in [6.45, 7) is 5.28. The lowest BCUT2D eigenvalue weighted by atomic mass is 9.96. The molecule has 11 heteroatoms. The van der Waals surface area contributed by atoms with Gasteiger partial charge in [-0.1, -0.05) is 123 Å². The first kappa shape index (κ1) is 42.2. The Morgan fingerprint density at radius 1 is 0.826 bits per heavy atom. The molecule has 0 bridgehead atoms. The number of nitrogens with one attached hydrogen (secondary N) is 2. The van der Waals surface area contributed by atoms with Crippen molar-refractivity contribution in [2.75, 3.05) is 19.7 Å². The van der Waals surface area contributed by atoms with E-state index in [1.54, 1.807) is 0 Å². The van der Waals surface area contributed by atoms with Crippen molar-refractivity contribution in [3.05, 3.63) is 0 Å². The van der Waals surface area contributed by atoms with Crippen LogP contribution in [-0.2, 0) is 19.1 Å². The maximum absolute atomic E-state index is 13.9. The molecule has 5 atom stereocenters. The quantitative estimate of drug-likeness (QED) is 0.0558. The lowest BCUT2D eigenvalue weighted by Gasteiger charge is -2.51. The topological polar surface area (TPSA) is 174 Å². The fourth-order valence-corrected chi connectivity index (χ4v) is 6.14. The van der Waals surface area contributed by atoms with E-state index < -0.39 is 48.6 Å². The third-order valence-corrected chi connectivity index (χ3v) is 9.03. The molecule has 0 aromatic heterocycles. The van der Waals surface area contributed by atoms with Crippen molar-refractivity contribution in [1.82, 2.24) is 15.5 Å². The van der Waals surface area contributed by atoms with E-state index >= 15 is 0 Å². The van der Waals surface area contributed by atoms with Crippen molar-refractivity contribution < 1.29 is 34.4 Å². The second-order valence-electron chi connectivity index (χ2n) is 13.2. The minimum absolute atomic E-state index is 0.224. The summed E-state index contributed by atoms with van der Waals surface area (Å²) in [5.41, 5.74) is 5.41. The van der Waals surface area contributed by atoms with Gasteiger partial charge < -0.3 is 36.4 Å². The van der Waals surface area contributed by atoms with Crippen LogP contribution in [0.2, 0.25) is 0 Å². The molecule has 0 aromatic carbocycles. The first-order valence-electron chi connectivity index (χ1n) is 18.4. The predicted molar refractivity (Wildman–Crippen MR) is 182 cm³/mol. The third-order valence-electron chi connectivity index (χ3n) is 9.03. The van der Waals surface area contributed by atoms with Gasteiger partial charge in [-0.05, 0) is 19.8 Å². The SMILES string of the molecule is CCCCCCCCCCCCN(C(=O)CCCCCCCCCCC)[C@@]1(NC(=O)[C@@H](C)NC(=O)CN)C[C@@H](O)[C@H](O)[C@@H](CO)O1. The number of amides is 3. The second-order valence-corrected chi connectivity index (χ2v) is 13.2. The van der Waals surface area contributed by atoms with Crippen LogP contribution in [0.5, 0.6) is 0 Å². The molecule has 1 rings (SSSR count). The largest absolute Gasteiger partial charge is 0.394 e. The summed E-state index contributed by atoms with van der Waals surface area (Å²) in [4.78, 5) is 40.6. The van der Waals surface area contributed by atoms with Gasteiger partial charge in [0, 0.05) is 19.4 Å². The number of aliphatic hydroxyl groups is 3. The van der Waals surface area contributed by atoms with Crippen LogP contribution in [0.3, 0.4) is 0 Å². The Labute approximate surface area is 278 Å². The zero-order valence-corrected chi connectivity index (χ0v) is 29.3. The Kier molecular flexibility index (Phi) is 23.2. The number of aliphatic hydroxyl groups excluding tert-OH is 3. The molecule has 0 unspecified atom stereocenters. The van der Waals surface area contributed by atoms with Crippen molar-refractivity contribution in [3.8, 4) is 0 Å². The number of ether oxygens (including phenoxy) is 1. The van der Waals surface area contributed by atoms with Gasteiger partial charge in [-0.2, -0.15) is 0 Å². The Morgan fingerprint density at radius 3 is 1.78 bits per heavy atom. The number of hydrogen-bond acceptors (Lipinski definition) is 8. The van der Waals surface area contributed by atoms with Gasteiger partial charge in [0.2, 0.25) is 23.6 Å². The number of carbonyl (C=O) groups is 3. The van der Waals surface area contributed by atoms with Gasteiger partial charge in [-0.15, -0.1) is 0 Å². The fraction of sp³-hybridized carbons (Fsp3) is 0.914. The predicted octanol–water partition coefficient (Wildman–Crippen LogP) is 4.39. The Morgan fingerprint density at radius 2 is 1.30 bits per heavy atom. The zero-order valence-electron chi connectivity index (χ0n) is 29.3. The fourth-order valence-electron chi connectivity index (χ4n) is 6.14. The normalized spacial score (nSPS) is 21.9. The monoisotopic (exact) mass is 657 g/mol. The molecule has 46 heavy (non-hydrogen) atoms. The standard InChI is InChI=1S/C35H68N4O7/c1-4-6-8-10-12-14-16-18-20-22-24-39(32(43)23-21-19-17-15-13-11-9-7-5-2)35(25-29(41)33(44)30(27-40)46-35)38-34(45)28(3)37-31(42)26-36/h28-30,33,40-41,44H,4-27,36H2,1-3H3,(H,37,42)(H,38,45)/t28-,29-,30-,33+,35+/m1/s1.